The second-order valence-electron chi connectivity index (χ2n) is 12.3. The number of carbonyl (C=O) groups excluding carboxylic acids is 2. The van der Waals surface area contributed by atoms with Crippen molar-refractivity contribution in [3.63, 3.8) is 0 Å². The van der Waals surface area contributed by atoms with Gasteiger partial charge in [-0.1, -0.05) is 132 Å². The van der Waals surface area contributed by atoms with Crippen molar-refractivity contribution in [1.82, 2.24) is 0 Å². The average Bonchev–Trinajstić information content (AvgIpc) is 3.10. The van der Waals surface area contributed by atoms with E-state index in [-0.39, 0.29) is 19.4 Å². The van der Waals surface area contributed by atoms with Gasteiger partial charge in [0.2, 0.25) is 0 Å². The third-order valence-electron chi connectivity index (χ3n) is 7.53. The lowest BCUT2D eigenvalue weighted by atomic mass is 10.1. The standard InChI is InChI=1S/C39H66NO10P/c1-3-5-7-9-11-13-15-16-17-18-19-20-21-23-24-26-28-30-37(41)47-32-35(33-48-51(45,46)49-34-36(40)39(43)44)50-38(42)31-29-27-25-22-14-12-10-8-6-4-2/h5,7,11,13,16-17,19-20,23-24,35-36H,3-4,6,8-10,12,14-15,18,21-22,25-34,40H2,1-2H3,(H,43,44)(H,45,46)/b7-5-,13-11-,17-16-,20-19-,24-23-/t35-,36+/m1/s1. The SMILES string of the molecule is CC/C=C\C/C=C\C/C=C\C/C=C\C/C=C\CCCC(=O)OC[C@H](COP(=O)(O)OC[C@H](N)C(=O)O)OC(=O)CCCCCCCCCCCC. The monoisotopic (exact) mass is 739 g/mol. The highest BCUT2D eigenvalue weighted by atomic mass is 31.2. The van der Waals surface area contributed by atoms with Gasteiger partial charge in [0.05, 0.1) is 13.2 Å². The molecule has 12 heteroatoms. The molecule has 0 aromatic carbocycles. The molecule has 1 unspecified atom stereocenters. The van der Waals surface area contributed by atoms with Gasteiger partial charge in [0.1, 0.15) is 12.6 Å². The van der Waals surface area contributed by atoms with Crippen LogP contribution in [-0.2, 0) is 37.5 Å². The lowest BCUT2D eigenvalue weighted by molar-refractivity contribution is -0.161. The molecule has 0 aliphatic carbocycles. The van der Waals surface area contributed by atoms with Gasteiger partial charge in [-0.25, -0.2) is 4.57 Å². The van der Waals surface area contributed by atoms with Crippen LogP contribution in [0.4, 0.5) is 0 Å². The van der Waals surface area contributed by atoms with E-state index in [4.69, 9.17) is 24.8 Å². The Labute approximate surface area is 307 Å². The van der Waals surface area contributed by atoms with Crippen molar-refractivity contribution in [3.05, 3.63) is 60.8 Å². The van der Waals surface area contributed by atoms with Crippen LogP contribution in [0.1, 0.15) is 136 Å². The molecule has 0 radical (unpaired) electrons. The number of carbonyl (C=O) groups is 3. The molecule has 11 nitrogen and oxygen atoms in total. The number of esters is 2. The molecule has 0 saturated carbocycles. The van der Waals surface area contributed by atoms with E-state index < -0.39 is 51.1 Å². The minimum Gasteiger partial charge on any atom is -0.480 e. The van der Waals surface area contributed by atoms with E-state index in [9.17, 15) is 23.8 Å². The predicted octanol–water partition coefficient (Wildman–Crippen LogP) is 9.22. The van der Waals surface area contributed by atoms with Crippen LogP contribution in [0.2, 0.25) is 0 Å². The lowest BCUT2D eigenvalue weighted by Crippen LogP contribution is -2.34. The number of allylic oxidation sites excluding steroid dienone is 10. The third-order valence-corrected chi connectivity index (χ3v) is 8.48. The zero-order chi connectivity index (χ0) is 37.8. The second kappa shape index (κ2) is 34.3. The van der Waals surface area contributed by atoms with Crippen LogP contribution in [0.5, 0.6) is 0 Å². The molecular weight excluding hydrogens is 673 g/mol. The normalized spacial score (nSPS) is 14.6. The van der Waals surface area contributed by atoms with E-state index in [1.54, 1.807) is 0 Å². The van der Waals surface area contributed by atoms with Gasteiger partial charge >= 0.3 is 25.7 Å². The Kier molecular flexibility index (Phi) is 32.4. The molecular formula is C39H66NO10P. The molecule has 0 aromatic rings. The molecule has 0 rings (SSSR count). The van der Waals surface area contributed by atoms with E-state index in [1.165, 1.54) is 38.5 Å². The minimum absolute atomic E-state index is 0.142. The number of hydrogen-bond acceptors (Lipinski definition) is 9. The number of unbranched alkanes of at least 4 members (excludes halogenated alkanes) is 10. The van der Waals surface area contributed by atoms with Gasteiger partial charge in [0, 0.05) is 12.8 Å². The zero-order valence-corrected chi connectivity index (χ0v) is 32.1. The van der Waals surface area contributed by atoms with Crippen molar-refractivity contribution >= 4 is 25.7 Å². The summed E-state index contributed by atoms with van der Waals surface area (Å²) in [5.41, 5.74) is 5.31. The van der Waals surface area contributed by atoms with Gasteiger partial charge < -0.3 is 25.2 Å². The molecule has 292 valence electrons. The highest BCUT2D eigenvalue weighted by molar-refractivity contribution is 7.47. The van der Waals surface area contributed by atoms with Crippen LogP contribution in [0.3, 0.4) is 0 Å². The molecule has 3 atom stereocenters. The predicted molar refractivity (Wildman–Crippen MR) is 203 cm³/mol. The molecule has 0 saturated heterocycles. The number of hydrogen-bond donors (Lipinski definition) is 3. The van der Waals surface area contributed by atoms with Gasteiger partial charge in [-0.05, 0) is 51.4 Å². The topological polar surface area (TPSA) is 172 Å². The fourth-order valence-electron chi connectivity index (χ4n) is 4.57. The van der Waals surface area contributed by atoms with Crippen LogP contribution in [0, 0.1) is 0 Å². The Morgan fingerprint density at radius 1 is 0.627 bits per heavy atom. The van der Waals surface area contributed by atoms with Gasteiger partial charge in [-0.3, -0.25) is 23.4 Å². The summed E-state index contributed by atoms with van der Waals surface area (Å²) in [5.74, 6) is -2.46. The van der Waals surface area contributed by atoms with E-state index in [2.05, 4.69) is 67.0 Å². The highest BCUT2D eigenvalue weighted by Gasteiger charge is 2.28. The first-order valence-corrected chi connectivity index (χ1v) is 20.3. The average molecular weight is 740 g/mol. The van der Waals surface area contributed by atoms with Gasteiger partial charge in [0.15, 0.2) is 6.10 Å². The summed E-state index contributed by atoms with van der Waals surface area (Å²) in [7, 11) is -4.72. The Balaban J connectivity index is 4.53. The number of aliphatic carboxylic acids is 1. The van der Waals surface area contributed by atoms with Crippen LogP contribution >= 0.6 is 7.82 Å². The first-order valence-electron chi connectivity index (χ1n) is 18.8. The Hall–Kier alpha value is -2.82. The molecule has 0 fully saturated rings. The van der Waals surface area contributed by atoms with Crippen LogP contribution in [0.25, 0.3) is 0 Å². The summed E-state index contributed by atoms with van der Waals surface area (Å²) < 4.78 is 32.4. The van der Waals surface area contributed by atoms with Crippen molar-refractivity contribution in [3.8, 4) is 0 Å². The van der Waals surface area contributed by atoms with Crippen LogP contribution in [-0.4, -0.2) is 59.9 Å². The van der Waals surface area contributed by atoms with E-state index in [1.807, 2.05) is 12.2 Å². The van der Waals surface area contributed by atoms with Gasteiger partial charge in [-0.2, -0.15) is 0 Å². The molecule has 0 aliphatic heterocycles. The van der Waals surface area contributed by atoms with Crippen LogP contribution < -0.4 is 5.73 Å². The highest BCUT2D eigenvalue weighted by Crippen LogP contribution is 2.43. The van der Waals surface area contributed by atoms with Crippen molar-refractivity contribution in [2.24, 2.45) is 5.73 Å². The summed E-state index contributed by atoms with van der Waals surface area (Å²) in [5, 5.41) is 8.85. The van der Waals surface area contributed by atoms with Crippen molar-refractivity contribution < 1.29 is 47.5 Å². The first kappa shape index (κ1) is 48.2. The van der Waals surface area contributed by atoms with Crippen LogP contribution in [0.15, 0.2) is 60.8 Å². The molecule has 51 heavy (non-hydrogen) atoms. The van der Waals surface area contributed by atoms with E-state index in [0.717, 1.165) is 51.4 Å². The first-order chi connectivity index (χ1) is 24.6. The number of nitrogens with two attached hydrogens (primary N) is 1. The summed E-state index contributed by atoms with van der Waals surface area (Å²) in [6, 6.07) is -1.53. The van der Waals surface area contributed by atoms with Gasteiger partial charge in [-0.15, -0.1) is 0 Å². The van der Waals surface area contributed by atoms with Crippen molar-refractivity contribution in [2.45, 2.75) is 148 Å². The maximum absolute atomic E-state index is 12.5. The van der Waals surface area contributed by atoms with Crippen molar-refractivity contribution in [2.75, 3.05) is 19.8 Å². The molecule has 0 spiro atoms. The summed E-state index contributed by atoms with van der Waals surface area (Å²) >= 11 is 0. The maximum atomic E-state index is 12.5. The summed E-state index contributed by atoms with van der Waals surface area (Å²) in [6.45, 7) is 2.58. The smallest absolute Gasteiger partial charge is 0.472 e. The quantitative estimate of drug-likeness (QED) is 0.0249. The van der Waals surface area contributed by atoms with E-state index in [0.29, 0.717) is 19.3 Å². The molecule has 0 aromatic heterocycles. The Bertz CT molecular complexity index is 1100. The minimum atomic E-state index is -4.72. The number of rotatable bonds is 34. The Morgan fingerprint density at radius 2 is 1.10 bits per heavy atom. The number of ether oxygens (including phenoxy) is 2. The molecule has 0 aliphatic rings. The largest absolute Gasteiger partial charge is 0.480 e. The molecule has 0 heterocycles. The molecule has 0 bridgehead atoms. The van der Waals surface area contributed by atoms with E-state index >= 15 is 0 Å². The zero-order valence-electron chi connectivity index (χ0n) is 31.2. The number of phosphoric acid groups is 1. The number of phosphoric ester groups is 1. The summed E-state index contributed by atoms with van der Waals surface area (Å²) in [4.78, 5) is 45.7. The fraction of sp³-hybridized carbons (Fsp3) is 0.667. The maximum Gasteiger partial charge on any atom is 0.472 e. The molecule has 4 N–H and O–H groups in total. The molecule has 0 amide bonds. The second-order valence-corrected chi connectivity index (χ2v) is 13.8. The number of carboxylic acid groups (broad SMARTS) is 1. The Morgan fingerprint density at radius 3 is 1.63 bits per heavy atom. The lowest BCUT2D eigenvalue weighted by Gasteiger charge is -2.20. The third kappa shape index (κ3) is 34.1. The summed E-state index contributed by atoms with van der Waals surface area (Å²) in [6.07, 6.45) is 37.4. The van der Waals surface area contributed by atoms with Gasteiger partial charge in [0.25, 0.3) is 0 Å². The number of carboxylic acids is 1. The fourth-order valence-corrected chi connectivity index (χ4v) is 5.35. The van der Waals surface area contributed by atoms with Crippen molar-refractivity contribution in [1.29, 1.82) is 0 Å².